The summed E-state index contributed by atoms with van der Waals surface area (Å²) in [6.07, 6.45) is 1.76. The summed E-state index contributed by atoms with van der Waals surface area (Å²) in [5.74, 6) is 0. The molecule has 2 aromatic rings. The van der Waals surface area contributed by atoms with Crippen LogP contribution in [0, 0.1) is 11.3 Å². The second-order valence-electron chi connectivity index (χ2n) is 3.65. The lowest BCUT2D eigenvalue weighted by Crippen LogP contribution is -1.88. The third-order valence-corrected chi connectivity index (χ3v) is 2.43. The predicted octanol–water partition coefficient (Wildman–Crippen LogP) is 3.18. The van der Waals surface area contributed by atoms with Crippen LogP contribution in [-0.4, -0.2) is 6.21 Å². The molecule has 0 N–H and O–H groups in total. The Morgan fingerprint density at radius 1 is 1.00 bits per heavy atom. The first-order chi connectivity index (χ1) is 8.40. The number of nitriles is 1. The summed E-state index contributed by atoms with van der Waals surface area (Å²) < 4.78 is 0. The molecule has 0 atom stereocenters. The minimum atomic E-state index is 0.639. The first kappa shape index (κ1) is 11.1. The molecular formula is C15H12N2. The SMILES string of the molecule is N#Cc1ccccc1C=NCc1ccccc1. The monoisotopic (exact) mass is 220 g/mol. The zero-order chi connectivity index (χ0) is 11.9. The van der Waals surface area contributed by atoms with Crippen LogP contribution >= 0.6 is 0 Å². The fourth-order valence-electron chi connectivity index (χ4n) is 1.54. The van der Waals surface area contributed by atoms with E-state index < -0.39 is 0 Å². The molecule has 0 saturated carbocycles. The van der Waals surface area contributed by atoms with E-state index in [4.69, 9.17) is 5.26 Å². The zero-order valence-corrected chi connectivity index (χ0v) is 9.38. The molecule has 2 aromatic carbocycles. The van der Waals surface area contributed by atoms with E-state index >= 15 is 0 Å². The molecule has 0 aliphatic heterocycles. The highest BCUT2D eigenvalue weighted by Gasteiger charge is 1.96. The van der Waals surface area contributed by atoms with Crippen LogP contribution in [0.5, 0.6) is 0 Å². The smallest absolute Gasteiger partial charge is 0.0998 e. The summed E-state index contributed by atoms with van der Waals surface area (Å²) in [5.41, 5.74) is 2.69. The lowest BCUT2D eigenvalue weighted by Gasteiger charge is -1.97. The van der Waals surface area contributed by atoms with Gasteiger partial charge in [0.05, 0.1) is 18.2 Å². The van der Waals surface area contributed by atoms with Crippen LogP contribution in [0.4, 0.5) is 0 Å². The Hall–Kier alpha value is -2.40. The lowest BCUT2D eigenvalue weighted by molar-refractivity contribution is 1.08. The zero-order valence-electron chi connectivity index (χ0n) is 9.38. The molecule has 0 bridgehead atoms. The van der Waals surface area contributed by atoms with Crippen molar-refractivity contribution in [2.75, 3.05) is 0 Å². The number of aliphatic imine (C=N–C) groups is 1. The molecule has 0 aliphatic carbocycles. The molecule has 82 valence electrons. The molecule has 0 unspecified atom stereocenters. The van der Waals surface area contributed by atoms with Crippen LogP contribution in [0.1, 0.15) is 16.7 Å². The molecule has 0 heterocycles. The largest absolute Gasteiger partial charge is 0.288 e. The number of benzene rings is 2. The van der Waals surface area contributed by atoms with Gasteiger partial charge in [-0.1, -0.05) is 48.5 Å². The van der Waals surface area contributed by atoms with Crippen LogP contribution in [0.15, 0.2) is 59.6 Å². The maximum Gasteiger partial charge on any atom is 0.0998 e. The van der Waals surface area contributed by atoms with Gasteiger partial charge in [-0.05, 0) is 11.6 Å². The molecule has 0 fully saturated rings. The topological polar surface area (TPSA) is 36.1 Å². The molecule has 0 radical (unpaired) electrons. The molecule has 2 heteroatoms. The Labute approximate surface area is 101 Å². The van der Waals surface area contributed by atoms with Crippen molar-refractivity contribution >= 4 is 6.21 Å². The Balaban J connectivity index is 2.09. The standard InChI is InChI=1S/C15H12N2/c16-10-14-8-4-5-9-15(14)12-17-11-13-6-2-1-3-7-13/h1-9,12H,11H2. The fourth-order valence-corrected chi connectivity index (χ4v) is 1.54. The van der Waals surface area contributed by atoms with Gasteiger partial charge in [-0.15, -0.1) is 0 Å². The van der Waals surface area contributed by atoms with Crippen molar-refractivity contribution in [2.24, 2.45) is 4.99 Å². The van der Waals surface area contributed by atoms with Crippen molar-refractivity contribution < 1.29 is 0 Å². The highest BCUT2D eigenvalue weighted by molar-refractivity contribution is 5.83. The van der Waals surface area contributed by atoms with Gasteiger partial charge in [0.1, 0.15) is 0 Å². The minimum absolute atomic E-state index is 0.639. The van der Waals surface area contributed by atoms with Crippen molar-refractivity contribution in [1.82, 2.24) is 0 Å². The summed E-state index contributed by atoms with van der Waals surface area (Å²) in [4.78, 5) is 4.34. The van der Waals surface area contributed by atoms with Gasteiger partial charge in [0.25, 0.3) is 0 Å². The third kappa shape index (κ3) is 3.02. The summed E-state index contributed by atoms with van der Waals surface area (Å²) in [6.45, 7) is 0.639. The van der Waals surface area contributed by atoms with Crippen LogP contribution < -0.4 is 0 Å². The van der Waals surface area contributed by atoms with E-state index in [1.54, 1.807) is 12.3 Å². The van der Waals surface area contributed by atoms with Gasteiger partial charge in [-0.2, -0.15) is 5.26 Å². The Bertz CT molecular complexity index is 551. The van der Waals surface area contributed by atoms with Gasteiger partial charge < -0.3 is 0 Å². The molecular weight excluding hydrogens is 208 g/mol. The van der Waals surface area contributed by atoms with E-state index in [0.29, 0.717) is 12.1 Å². The normalized spacial score (nSPS) is 10.3. The van der Waals surface area contributed by atoms with Crippen molar-refractivity contribution in [1.29, 1.82) is 5.26 Å². The highest BCUT2D eigenvalue weighted by atomic mass is 14.7. The van der Waals surface area contributed by atoms with E-state index in [2.05, 4.69) is 11.1 Å². The van der Waals surface area contributed by atoms with Crippen molar-refractivity contribution in [3.63, 3.8) is 0 Å². The molecule has 0 saturated heterocycles. The van der Waals surface area contributed by atoms with E-state index in [1.165, 1.54) is 0 Å². The second kappa shape index (κ2) is 5.62. The molecule has 2 nitrogen and oxygen atoms in total. The Morgan fingerprint density at radius 3 is 2.47 bits per heavy atom. The van der Waals surface area contributed by atoms with Gasteiger partial charge in [0.15, 0.2) is 0 Å². The van der Waals surface area contributed by atoms with E-state index in [-0.39, 0.29) is 0 Å². The van der Waals surface area contributed by atoms with Gasteiger partial charge in [0.2, 0.25) is 0 Å². The van der Waals surface area contributed by atoms with Gasteiger partial charge >= 0.3 is 0 Å². The van der Waals surface area contributed by atoms with E-state index in [1.807, 2.05) is 48.5 Å². The maximum atomic E-state index is 8.92. The Kier molecular flexibility index (Phi) is 3.67. The average molecular weight is 220 g/mol. The molecule has 0 amide bonds. The third-order valence-electron chi connectivity index (χ3n) is 2.43. The minimum Gasteiger partial charge on any atom is -0.288 e. The van der Waals surface area contributed by atoms with E-state index in [9.17, 15) is 0 Å². The van der Waals surface area contributed by atoms with Crippen LogP contribution in [-0.2, 0) is 6.54 Å². The summed E-state index contributed by atoms with van der Waals surface area (Å²) in [7, 11) is 0. The van der Waals surface area contributed by atoms with Gasteiger partial charge in [0, 0.05) is 11.8 Å². The molecule has 0 spiro atoms. The fraction of sp³-hybridized carbons (Fsp3) is 0.0667. The summed E-state index contributed by atoms with van der Waals surface area (Å²) in [6, 6.07) is 19.6. The Morgan fingerprint density at radius 2 is 1.71 bits per heavy atom. The quantitative estimate of drug-likeness (QED) is 0.732. The predicted molar refractivity (Wildman–Crippen MR) is 68.9 cm³/mol. The number of hydrogen-bond donors (Lipinski definition) is 0. The lowest BCUT2D eigenvalue weighted by atomic mass is 10.1. The summed E-state index contributed by atoms with van der Waals surface area (Å²) in [5, 5.41) is 8.92. The van der Waals surface area contributed by atoms with Crippen molar-refractivity contribution in [2.45, 2.75) is 6.54 Å². The molecule has 0 aliphatic rings. The molecule has 17 heavy (non-hydrogen) atoms. The first-order valence-corrected chi connectivity index (χ1v) is 5.43. The van der Waals surface area contributed by atoms with Crippen molar-refractivity contribution in [3.8, 4) is 6.07 Å². The van der Waals surface area contributed by atoms with Gasteiger partial charge in [-0.25, -0.2) is 0 Å². The van der Waals surface area contributed by atoms with Crippen LogP contribution in [0.3, 0.4) is 0 Å². The highest BCUT2D eigenvalue weighted by Crippen LogP contribution is 2.05. The second-order valence-corrected chi connectivity index (χ2v) is 3.65. The maximum absolute atomic E-state index is 8.92. The number of rotatable bonds is 3. The van der Waals surface area contributed by atoms with Gasteiger partial charge in [-0.3, -0.25) is 4.99 Å². The van der Waals surface area contributed by atoms with E-state index in [0.717, 1.165) is 11.1 Å². The van der Waals surface area contributed by atoms with Crippen LogP contribution in [0.25, 0.3) is 0 Å². The summed E-state index contributed by atoms with van der Waals surface area (Å²) >= 11 is 0. The molecule has 2 rings (SSSR count). The van der Waals surface area contributed by atoms with Crippen LogP contribution in [0.2, 0.25) is 0 Å². The average Bonchev–Trinajstić information content (AvgIpc) is 2.40. The number of nitrogens with zero attached hydrogens (tertiary/aromatic N) is 2. The number of hydrogen-bond acceptors (Lipinski definition) is 2. The molecule has 0 aromatic heterocycles. The van der Waals surface area contributed by atoms with Crippen molar-refractivity contribution in [3.05, 3.63) is 71.3 Å². The first-order valence-electron chi connectivity index (χ1n) is 5.43.